The molecule has 0 amide bonds. The third-order valence-electron chi connectivity index (χ3n) is 2.99. The van der Waals surface area contributed by atoms with Gasteiger partial charge < -0.3 is 7.16 Å². The Bertz CT molecular complexity index is 809. The van der Waals surface area contributed by atoms with Gasteiger partial charge in [-0.2, -0.15) is 18.6 Å². The first-order chi connectivity index (χ1) is 9.77. The molecule has 112 valence electrons. The summed E-state index contributed by atoms with van der Waals surface area (Å²) in [5, 5.41) is 8.17. The summed E-state index contributed by atoms with van der Waals surface area (Å²) in [5.41, 5.74) is 9.49. The van der Waals surface area contributed by atoms with Crippen LogP contribution in [0.15, 0.2) is 51.5 Å². The molecule has 0 saturated carbocycles. The first-order valence-corrected chi connectivity index (χ1v) is 7.57. The molecule has 0 aromatic heterocycles. The number of azo groups is 1. The van der Waals surface area contributed by atoms with Crippen LogP contribution in [0.5, 0.6) is 0 Å². The van der Waals surface area contributed by atoms with Gasteiger partial charge in [0.2, 0.25) is 0 Å². The van der Waals surface area contributed by atoms with Crippen LogP contribution in [-0.2, 0) is 10.1 Å². The van der Waals surface area contributed by atoms with E-state index < -0.39 is 10.1 Å². The maximum atomic E-state index is 10.9. The number of nitrogens with zero attached hydrogens (tertiary/aromatic N) is 2. The van der Waals surface area contributed by atoms with Crippen LogP contribution in [0.25, 0.3) is 0 Å². The van der Waals surface area contributed by atoms with Crippen molar-refractivity contribution in [3.63, 3.8) is 0 Å². The number of benzene rings is 2. The summed E-state index contributed by atoms with van der Waals surface area (Å²) in [5.74, 6) is 0. The number of rotatable bonds is 3. The van der Waals surface area contributed by atoms with E-state index in [0.29, 0.717) is 17.1 Å². The molecular weight excluding hydrogens is 313 g/mol. The van der Waals surface area contributed by atoms with E-state index in [0.717, 1.165) is 11.1 Å². The molecule has 0 radical (unpaired) electrons. The van der Waals surface area contributed by atoms with Crippen LogP contribution in [-0.4, -0.2) is 13.0 Å². The molecule has 2 aromatic carbocycles. The number of hydrogen-bond donors (Lipinski definition) is 2. The van der Waals surface area contributed by atoms with Crippen molar-refractivity contribution in [3.8, 4) is 0 Å². The van der Waals surface area contributed by atoms with E-state index >= 15 is 0 Å². The second kappa shape index (κ2) is 7.34. The second-order valence-corrected chi connectivity index (χ2v) is 6.09. The normalized spacial score (nSPS) is 11.4. The van der Waals surface area contributed by atoms with E-state index in [9.17, 15) is 8.42 Å². The van der Waals surface area contributed by atoms with Crippen molar-refractivity contribution in [2.45, 2.75) is 18.7 Å². The van der Waals surface area contributed by atoms with E-state index in [-0.39, 0.29) is 35.9 Å². The zero-order chi connectivity index (χ0) is 15.6. The number of hydrogen-bond acceptors (Lipinski definition) is 5. The molecule has 2 rings (SSSR count). The molecule has 3 N–H and O–H groups in total. The van der Waals surface area contributed by atoms with Gasteiger partial charge >= 0.3 is 29.6 Å². The zero-order valence-electron chi connectivity index (χ0n) is 13.6. The van der Waals surface area contributed by atoms with Gasteiger partial charge in [0.15, 0.2) is 0 Å². The molecule has 0 aliphatic carbocycles. The fourth-order valence-electron chi connectivity index (χ4n) is 1.73. The van der Waals surface area contributed by atoms with Crippen molar-refractivity contribution in [1.29, 1.82) is 0 Å². The van der Waals surface area contributed by atoms with E-state index in [2.05, 4.69) is 10.2 Å². The molecule has 0 unspecified atom stereocenters. The summed E-state index contributed by atoms with van der Waals surface area (Å²) in [7, 11) is -4.19. The fourth-order valence-corrected chi connectivity index (χ4v) is 2.21. The summed E-state index contributed by atoms with van der Waals surface area (Å²) >= 11 is 0. The van der Waals surface area contributed by atoms with E-state index in [1.54, 1.807) is 0 Å². The van der Waals surface area contributed by atoms with Gasteiger partial charge in [0.05, 0.1) is 16.3 Å². The fraction of sp³-hybridized carbons (Fsp3) is 0.143. The molecule has 0 heterocycles. The molecule has 0 saturated heterocycles. The van der Waals surface area contributed by atoms with Crippen LogP contribution in [0.4, 0.5) is 17.1 Å². The van der Waals surface area contributed by atoms with Gasteiger partial charge in [-0.05, 0) is 61.4 Å². The minimum Gasteiger partial charge on any atom is -1.00 e. The Morgan fingerprint density at radius 3 is 2.18 bits per heavy atom. The monoisotopic (exact) mass is 329 g/mol. The van der Waals surface area contributed by atoms with Crippen LogP contribution in [0.1, 0.15) is 12.6 Å². The van der Waals surface area contributed by atoms with E-state index in [1.165, 1.54) is 24.3 Å². The zero-order valence-corrected chi connectivity index (χ0v) is 15.4. The first kappa shape index (κ1) is 18.8. The minimum absolute atomic E-state index is 0. The summed E-state index contributed by atoms with van der Waals surface area (Å²) in [4.78, 5) is -0.180. The molecule has 22 heavy (non-hydrogen) atoms. The maximum Gasteiger partial charge on any atom is 1.00 e. The van der Waals surface area contributed by atoms with Crippen molar-refractivity contribution in [1.82, 2.24) is 0 Å². The Labute approximate surface area is 153 Å². The predicted octanol–water partition coefficient (Wildman–Crippen LogP) is 0.664. The molecule has 0 fully saturated rings. The Kier molecular flexibility index (Phi) is 6.27. The standard InChI is InChI=1S/C14H15N3O3S.Na.H/c1-9-8-14(10(2)7-13(9)15)17-16-11-3-5-12(6-4-11)21(18,19)20;;/h3-8H,15H2,1-2H3,(H,18,19,20);;/q;+1;-1. The topological polar surface area (TPSA) is 105 Å². The molecule has 0 spiro atoms. The molecule has 6 nitrogen and oxygen atoms in total. The average molecular weight is 329 g/mol. The van der Waals surface area contributed by atoms with Crippen LogP contribution in [0.3, 0.4) is 0 Å². The van der Waals surface area contributed by atoms with E-state index in [4.69, 9.17) is 10.3 Å². The molecule has 0 bridgehead atoms. The predicted molar refractivity (Wildman–Crippen MR) is 81.9 cm³/mol. The van der Waals surface area contributed by atoms with Crippen LogP contribution < -0.4 is 35.3 Å². The van der Waals surface area contributed by atoms with Gasteiger partial charge in [0.1, 0.15) is 0 Å². The molecular formula is C14H16N3NaO3S. The number of nitrogen functional groups attached to an aromatic ring is 1. The first-order valence-electron chi connectivity index (χ1n) is 6.13. The number of aryl methyl sites for hydroxylation is 2. The van der Waals surface area contributed by atoms with Crippen LogP contribution in [0.2, 0.25) is 0 Å². The average Bonchev–Trinajstić information content (AvgIpc) is 2.41. The third kappa shape index (κ3) is 4.62. The van der Waals surface area contributed by atoms with E-state index in [1.807, 2.05) is 26.0 Å². The van der Waals surface area contributed by atoms with Crippen LogP contribution >= 0.6 is 0 Å². The summed E-state index contributed by atoms with van der Waals surface area (Å²) < 4.78 is 30.7. The molecule has 0 aliphatic rings. The Morgan fingerprint density at radius 1 is 1.05 bits per heavy atom. The second-order valence-electron chi connectivity index (χ2n) is 4.66. The largest absolute Gasteiger partial charge is 1.00 e. The van der Waals surface area contributed by atoms with Gasteiger partial charge in [-0.25, -0.2) is 0 Å². The molecule has 0 atom stereocenters. The number of anilines is 1. The SMILES string of the molecule is Cc1cc(N=Nc2ccc(S(=O)(=O)O)cc2)c(C)cc1N.[H-].[Na+]. The summed E-state index contributed by atoms with van der Waals surface area (Å²) in [6, 6.07) is 9.12. The van der Waals surface area contributed by atoms with Crippen molar-refractivity contribution in [3.05, 3.63) is 47.5 Å². The smallest absolute Gasteiger partial charge is 1.00 e. The van der Waals surface area contributed by atoms with Crippen molar-refractivity contribution < 1.29 is 44.0 Å². The summed E-state index contributed by atoms with van der Waals surface area (Å²) in [6.07, 6.45) is 0. The third-order valence-corrected chi connectivity index (χ3v) is 3.86. The van der Waals surface area contributed by atoms with Gasteiger partial charge in [0.25, 0.3) is 10.1 Å². The van der Waals surface area contributed by atoms with Crippen molar-refractivity contribution >= 4 is 27.2 Å². The Balaban J connectivity index is 0.00000242. The van der Waals surface area contributed by atoms with Gasteiger partial charge in [0, 0.05) is 5.69 Å². The number of nitrogens with two attached hydrogens (primary N) is 1. The van der Waals surface area contributed by atoms with Gasteiger partial charge in [-0.1, -0.05) is 0 Å². The van der Waals surface area contributed by atoms with Crippen molar-refractivity contribution in [2.24, 2.45) is 10.2 Å². The summed E-state index contributed by atoms with van der Waals surface area (Å²) in [6.45, 7) is 3.76. The van der Waals surface area contributed by atoms with Crippen LogP contribution in [0, 0.1) is 13.8 Å². The minimum atomic E-state index is -4.19. The Morgan fingerprint density at radius 2 is 1.64 bits per heavy atom. The van der Waals surface area contributed by atoms with Crippen molar-refractivity contribution in [2.75, 3.05) is 5.73 Å². The maximum absolute atomic E-state index is 10.9. The van der Waals surface area contributed by atoms with Gasteiger partial charge in [-0.15, -0.1) is 0 Å². The Hall–Kier alpha value is -1.25. The quantitative estimate of drug-likeness (QED) is 0.373. The molecule has 8 heteroatoms. The van der Waals surface area contributed by atoms with Gasteiger partial charge in [-0.3, -0.25) is 4.55 Å². The molecule has 0 aliphatic heterocycles. The molecule has 2 aromatic rings.